The maximum atomic E-state index is 13.3. The van der Waals surface area contributed by atoms with Crippen LogP contribution in [0.2, 0.25) is 5.02 Å². The minimum Gasteiger partial charge on any atom is -0.504 e. The van der Waals surface area contributed by atoms with Crippen LogP contribution < -0.4 is 71.1 Å². The molecule has 0 unspecified atom stereocenters. The predicted octanol–water partition coefficient (Wildman–Crippen LogP) is 15.7. The number of benzene rings is 10. The SMILES string of the molecule is COc1cc2c(cc1O)[C@@H]1Cc3c(cc4c(c3OC)OCO4)CN1CC2.COc1cc2c(cc1O)[C@@H]1Cc3cc4c(c(Cl)c3CN1CC2)OCO4.COc1cc2c(cc1O)[C@@H]1Cc3cc4c(cc3CN1CC2)OC(F)(F)O4.COc1ccc(OC)c2c1C[C@H]1c3cc(O)c(O)cc3CCN1C2.COc1ccc(OC)c2c1C[C@H]1c3cc4c(cc3CCN1C2)CCO4. The van der Waals surface area contributed by atoms with Crippen LogP contribution in [0, 0.1) is 0 Å². The lowest BCUT2D eigenvalue weighted by Crippen LogP contribution is -2.39. The van der Waals surface area contributed by atoms with Gasteiger partial charge in [0.25, 0.3) is 0 Å². The van der Waals surface area contributed by atoms with E-state index in [1.165, 1.54) is 85.0 Å². The van der Waals surface area contributed by atoms with E-state index in [9.17, 15) is 34.3 Å². The Labute approximate surface area is 733 Å². The van der Waals surface area contributed by atoms with Crippen LogP contribution in [0.25, 0.3) is 0 Å². The fraction of sp³-hybridized carbons (Fsp3) is 0.388. The van der Waals surface area contributed by atoms with Gasteiger partial charge in [-0.05, 0) is 256 Å². The van der Waals surface area contributed by atoms with E-state index in [1.807, 2.05) is 54.6 Å². The number of halogens is 3. The van der Waals surface area contributed by atoms with Crippen molar-refractivity contribution in [2.75, 3.05) is 110 Å². The quantitative estimate of drug-likeness (QED) is 0.0886. The van der Waals surface area contributed by atoms with Gasteiger partial charge >= 0.3 is 6.29 Å². The smallest absolute Gasteiger partial charge is 0.504 e. The minimum atomic E-state index is -3.60. The summed E-state index contributed by atoms with van der Waals surface area (Å²) in [5.74, 6) is 10.5. The van der Waals surface area contributed by atoms with Gasteiger partial charge in [0.15, 0.2) is 80.5 Å². The zero-order chi connectivity index (χ0) is 86.8. The van der Waals surface area contributed by atoms with Gasteiger partial charge in [-0.2, -0.15) is 0 Å². The van der Waals surface area contributed by atoms with Gasteiger partial charge in [-0.3, -0.25) is 24.5 Å². The largest absolute Gasteiger partial charge is 0.586 e. The van der Waals surface area contributed by atoms with E-state index in [4.69, 9.17) is 73.2 Å². The number of ether oxygens (including phenoxy) is 15. The van der Waals surface area contributed by atoms with Crippen LogP contribution in [-0.4, -0.2) is 166 Å². The molecular weight excluding hydrogens is 1640 g/mol. The zero-order valence-electron chi connectivity index (χ0n) is 71.5. The molecule has 24 rings (SSSR count). The molecule has 10 aromatic carbocycles. The Balaban J connectivity index is 0.0000000994. The van der Waals surface area contributed by atoms with E-state index in [1.54, 1.807) is 80.1 Å². The molecule has 14 aliphatic rings. The van der Waals surface area contributed by atoms with Crippen LogP contribution in [0.4, 0.5) is 8.78 Å². The van der Waals surface area contributed by atoms with E-state index in [-0.39, 0.29) is 78.0 Å². The third kappa shape index (κ3) is 14.7. The molecule has 0 amide bonds. The molecule has 25 nitrogen and oxygen atoms in total. The van der Waals surface area contributed by atoms with Crippen molar-refractivity contribution in [3.63, 3.8) is 0 Å². The summed E-state index contributed by atoms with van der Waals surface area (Å²) in [5, 5.41) is 51.1. The van der Waals surface area contributed by atoms with Crippen LogP contribution >= 0.6 is 11.6 Å². The average molecular weight is 1740 g/mol. The Morgan fingerprint density at radius 1 is 0.310 bits per heavy atom. The Bertz CT molecular complexity index is 6010. The van der Waals surface area contributed by atoms with Gasteiger partial charge in [0.2, 0.25) is 19.3 Å². The number of aromatic hydroxyl groups is 5. The van der Waals surface area contributed by atoms with Crippen molar-refractivity contribution in [3.8, 4) is 115 Å². The molecule has 10 aromatic rings. The average Bonchev–Trinajstić information content (AvgIpc) is 1.14. The molecule has 0 saturated heterocycles. The highest BCUT2D eigenvalue weighted by Gasteiger charge is 2.47. The summed E-state index contributed by atoms with van der Waals surface area (Å²) >= 11 is 6.58. The summed E-state index contributed by atoms with van der Waals surface area (Å²) in [6, 6.07) is 35.9. The molecule has 28 heteroatoms. The van der Waals surface area contributed by atoms with Crippen LogP contribution in [0.3, 0.4) is 0 Å². The van der Waals surface area contributed by atoms with E-state index in [2.05, 4.69) is 58.2 Å². The highest BCUT2D eigenvalue weighted by atomic mass is 35.5. The number of nitrogens with zero attached hydrogens (tertiary/aromatic N) is 5. The molecule has 0 radical (unpaired) electrons. The monoisotopic (exact) mass is 1740 g/mol. The zero-order valence-corrected chi connectivity index (χ0v) is 72.2. The molecule has 0 fully saturated rings. The third-order valence-corrected chi connectivity index (χ3v) is 28.2. The first-order valence-electron chi connectivity index (χ1n) is 42.9. The van der Waals surface area contributed by atoms with Gasteiger partial charge in [-0.1, -0.05) is 17.7 Å². The van der Waals surface area contributed by atoms with Crippen molar-refractivity contribution in [1.29, 1.82) is 0 Å². The molecule has 0 saturated carbocycles. The van der Waals surface area contributed by atoms with Crippen molar-refractivity contribution in [1.82, 2.24) is 24.5 Å². The standard InChI is InChI=1S/C21H23NO3.C20H21NO5.C19H18ClNO4.C19H17F2NO4.C19H21NO4/c1-23-19-3-4-20(24-2)17-12-22-7-5-13-9-14-6-8-25-21(14)11-15(13)18(22)10-16(17)19;1-23-17-5-11-3-4-21-9-12-6-18-20(26-10-25-18)19(24-2)14(12)7-15(21)13(11)8-16(17)22;1-23-16-5-10-2-3-21-8-13-11(4-14(21)12(10)7-15(16)22)6-17-19(18(13)20)25-9-24-17;1-24-16-5-10-2-3-22-9-12-7-18-17(25-19(20,21)26-18)6-11(12)4-14(22)13(10)8-15(16)23;1-23-18-3-4-19(24-2)14-10-20-6-5-11-7-16(21)17(22)9-12(11)15(20)8-13(14)18/h3-4,9,11,18H,5-8,10,12H2,1-2H3;5-6,8,15,22H,3-4,7,9-10H2,1-2H3;5-7,14,22H,2-4,8-9H2,1H3;5-8,14,23H,2-4,9H2,1H3;3-4,7,9,15,21-22H,5-6,8,10H2,1-2H3/t18-;15-;2*14-;15-/m00000/s1. The molecule has 0 aliphatic carbocycles. The second-order valence-corrected chi connectivity index (χ2v) is 34.5. The van der Waals surface area contributed by atoms with Gasteiger partial charge in [-0.15, -0.1) is 8.78 Å². The number of hydrogen-bond donors (Lipinski definition) is 5. The maximum absolute atomic E-state index is 13.3. The van der Waals surface area contributed by atoms with E-state index in [0.717, 1.165) is 215 Å². The number of hydrogen-bond acceptors (Lipinski definition) is 25. The lowest BCUT2D eigenvalue weighted by atomic mass is 9.82. The Hall–Kier alpha value is -11.9. The summed E-state index contributed by atoms with van der Waals surface area (Å²) in [5.41, 5.74) is 25.1. The summed E-state index contributed by atoms with van der Waals surface area (Å²) in [6.45, 7) is 10.0. The van der Waals surface area contributed by atoms with Crippen LogP contribution in [-0.2, 0) is 103 Å². The molecule has 14 heterocycles. The van der Waals surface area contributed by atoms with Crippen LogP contribution in [0.5, 0.6) is 115 Å². The molecule has 126 heavy (non-hydrogen) atoms. The van der Waals surface area contributed by atoms with Crippen molar-refractivity contribution >= 4 is 11.6 Å². The molecule has 0 bridgehead atoms. The normalized spacial score (nSPS) is 20.6. The Kier molecular flexibility index (Phi) is 21.7. The highest BCUT2D eigenvalue weighted by molar-refractivity contribution is 6.33. The van der Waals surface area contributed by atoms with E-state index < -0.39 is 6.29 Å². The molecule has 5 N–H and O–H groups in total. The fourth-order valence-electron chi connectivity index (χ4n) is 21.6. The lowest BCUT2D eigenvalue weighted by molar-refractivity contribution is -0.286. The Morgan fingerprint density at radius 2 is 0.683 bits per heavy atom. The number of fused-ring (bicyclic) bond motifs is 24. The van der Waals surface area contributed by atoms with Crippen molar-refractivity contribution < 1.29 is 105 Å². The number of alkyl halides is 2. The number of rotatable bonds is 8. The summed E-state index contributed by atoms with van der Waals surface area (Å²) in [4.78, 5) is 12.2. The van der Waals surface area contributed by atoms with Crippen LogP contribution in [0.1, 0.15) is 147 Å². The molecule has 5 atom stereocenters. The summed E-state index contributed by atoms with van der Waals surface area (Å²) in [7, 11) is 13.3. The van der Waals surface area contributed by atoms with Gasteiger partial charge < -0.3 is 96.6 Å². The molecule has 658 valence electrons. The molecule has 0 aromatic heterocycles. The third-order valence-electron chi connectivity index (χ3n) is 27.8. The first-order valence-corrected chi connectivity index (χ1v) is 43.2. The number of phenolic OH excluding ortho intramolecular Hbond substituents is 5. The second kappa shape index (κ2) is 33.2. The highest BCUT2D eigenvalue weighted by Crippen LogP contribution is 2.56. The summed E-state index contributed by atoms with van der Waals surface area (Å²) < 4.78 is 108. The summed E-state index contributed by atoms with van der Waals surface area (Å²) in [6.07, 6.45) is 6.21. The van der Waals surface area contributed by atoms with E-state index in [0.29, 0.717) is 52.8 Å². The topological polar surface area (TPSA) is 256 Å². The van der Waals surface area contributed by atoms with Gasteiger partial charge in [0.05, 0.1) is 68.5 Å². The van der Waals surface area contributed by atoms with E-state index >= 15 is 0 Å². The van der Waals surface area contributed by atoms with Crippen molar-refractivity contribution in [3.05, 3.63) is 231 Å². The van der Waals surface area contributed by atoms with Crippen molar-refractivity contribution in [2.45, 2.75) is 140 Å². The van der Waals surface area contributed by atoms with Gasteiger partial charge in [0.1, 0.15) is 28.7 Å². The lowest BCUT2D eigenvalue weighted by Gasteiger charge is -2.42. The molecule has 14 aliphatic heterocycles. The van der Waals surface area contributed by atoms with Crippen LogP contribution in [0.15, 0.2) is 109 Å². The molecular formula is C98H100ClF2N5O20. The predicted molar refractivity (Wildman–Crippen MR) is 461 cm³/mol. The Morgan fingerprint density at radius 3 is 1.17 bits per heavy atom. The maximum Gasteiger partial charge on any atom is 0.586 e. The molecule has 0 spiro atoms. The fourth-order valence-corrected chi connectivity index (χ4v) is 21.9. The van der Waals surface area contributed by atoms with Gasteiger partial charge in [-0.25, -0.2) is 0 Å². The first-order chi connectivity index (χ1) is 61.2. The van der Waals surface area contributed by atoms with Crippen molar-refractivity contribution in [2.24, 2.45) is 0 Å². The number of phenols is 5. The minimum absolute atomic E-state index is 0.0438. The number of methoxy groups -OCH3 is 8. The van der Waals surface area contributed by atoms with Gasteiger partial charge in [0, 0.05) is 130 Å². The second-order valence-electron chi connectivity index (χ2n) is 34.1. The first kappa shape index (κ1) is 82.4.